The predicted molar refractivity (Wildman–Crippen MR) is 132 cm³/mol. The van der Waals surface area contributed by atoms with Gasteiger partial charge in [0.1, 0.15) is 6.33 Å². The van der Waals surface area contributed by atoms with Crippen LogP contribution < -0.4 is 0 Å². The highest BCUT2D eigenvalue weighted by atomic mass is 127. The van der Waals surface area contributed by atoms with Crippen LogP contribution in [0.15, 0.2) is 104 Å². The number of thioether (sulfide) groups is 1. The topological polar surface area (TPSA) is 25.8 Å². The van der Waals surface area contributed by atoms with Crippen LogP contribution in [0, 0.1) is 3.57 Å². The summed E-state index contributed by atoms with van der Waals surface area (Å²) in [5.74, 6) is 2.19. The summed E-state index contributed by atoms with van der Waals surface area (Å²) < 4.78 is 1.12. The van der Waals surface area contributed by atoms with Gasteiger partial charge in [-0.05, 0) is 39.3 Å². The van der Waals surface area contributed by atoms with Crippen molar-refractivity contribution in [3.8, 4) is 0 Å². The van der Waals surface area contributed by atoms with Crippen molar-refractivity contribution in [2.45, 2.75) is 17.9 Å². The van der Waals surface area contributed by atoms with E-state index in [1.165, 1.54) is 16.7 Å². The van der Waals surface area contributed by atoms with E-state index in [4.69, 9.17) is 0 Å². The second-order valence-corrected chi connectivity index (χ2v) is 8.59. The number of hydrogen-bond acceptors (Lipinski definition) is 3. The fraction of sp³-hybridized carbons (Fsp3) is 0.120. The Kier molecular flexibility index (Phi) is 9.20. The van der Waals surface area contributed by atoms with Gasteiger partial charge in [0.2, 0.25) is 0 Å². The minimum atomic E-state index is 0.877. The highest BCUT2D eigenvalue weighted by molar-refractivity contribution is 14.1. The average molecular weight is 510 g/mol. The standard InChI is InChI=1S/C14H14S.C11H9IN2/c1-3-7-13(8-4-1)11-15-12-14-9-5-2-6-10-14;12-10-7-13-8-14-11(10)6-9-4-2-1-3-5-9/h1-10H,11-12H2;1-5,7-8H,6H2. The van der Waals surface area contributed by atoms with Crippen LogP contribution in [0.5, 0.6) is 0 Å². The van der Waals surface area contributed by atoms with Gasteiger partial charge in [-0.2, -0.15) is 11.8 Å². The Morgan fingerprint density at radius 3 is 1.62 bits per heavy atom. The van der Waals surface area contributed by atoms with Crippen molar-refractivity contribution in [1.29, 1.82) is 0 Å². The zero-order chi connectivity index (χ0) is 20.2. The first-order valence-corrected chi connectivity index (χ1v) is 11.7. The van der Waals surface area contributed by atoms with Crippen LogP contribution >= 0.6 is 34.4 Å². The highest BCUT2D eigenvalue weighted by Crippen LogP contribution is 2.17. The predicted octanol–water partition coefficient (Wildman–Crippen LogP) is 6.79. The second-order valence-electron chi connectivity index (χ2n) is 6.44. The molecule has 0 aliphatic rings. The number of aromatic nitrogens is 2. The molecular formula is C25H23IN2S. The molecule has 0 saturated heterocycles. The van der Waals surface area contributed by atoms with E-state index >= 15 is 0 Å². The van der Waals surface area contributed by atoms with Gasteiger partial charge < -0.3 is 0 Å². The molecule has 0 amide bonds. The third-order valence-corrected chi connectivity index (χ3v) is 6.16. The average Bonchev–Trinajstić information content (AvgIpc) is 2.78. The lowest BCUT2D eigenvalue weighted by Crippen LogP contribution is -1.95. The first-order chi connectivity index (χ1) is 14.3. The number of rotatable bonds is 6. The van der Waals surface area contributed by atoms with Crippen molar-refractivity contribution in [2.75, 3.05) is 0 Å². The molecule has 2 nitrogen and oxygen atoms in total. The first-order valence-electron chi connectivity index (χ1n) is 9.45. The van der Waals surface area contributed by atoms with Gasteiger partial charge in [-0.15, -0.1) is 0 Å². The highest BCUT2D eigenvalue weighted by Gasteiger charge is 2.01. The Bertz CT molecular complexity index is 924. The number of nitrogens with zero attached hydrogens (tertiary/aromatic N) is 2. The SMILES string of the molecule is Ic1cncnc1Cc1ccccc1.c1ccc(CSCc2ccccc2)cc1. The molecule has 0 radical (unpaired) electrons. The Balaban J connectivity index is 0.000000166. The summed E-state index contributed by atoms with van der Waals surface area (Å²) in [5.41, 5.74) is 5.17. The molecule has 146 valence electrons. The maximum Gasteiger partial charge on any atom is 0.115 e. The van der Waals surface area contributed by atoms with Crippen LogP contribution in [0.3, 0.4) is 0 Å². The second kappa shape index (κ2) is 12.4. The number of hydrogen-bond donors (Lipinski definition) is 0. The minimum Gasteiger partial charge on any atom is -0.244 e. The zero-order valence-corrected chi connectivity index (χ0v) is 19.1. The number of halogens is 1. The Morgan fingerprint density at radius 1 is 0.655 bits per heavy atom. The molecule has 1 aromatic heterocycles. The van der Waals surface area contributed by atoms with Gasteiger partial charge in [-0.25, -0.2) is 9.97 Å². The van der Waals surface area contributed by atoms with Crippen LogP contribution in [0.4, 0.5) is 0 Å². The van der Waals surface area contributed by atoms with E-state index in [9.17, 15) is 0 Å². The van der Waals surface area contributed by atoms with Crippen molar-refractivity contribution in [1.82, 2.24) is 9.97 Å². The molecule has 0 N–H and O–H groups in total. The molecular weight excluding hydrogens is 487 g/mol. The van der Waals surface area contributed by atoms with Crippen LogP contribution in [0.25, 0.3) is 0 Å². The lowest BCUT2D eigenvalue weighted by Gasteiger charge is -2.01. The maximum atomic E-state index is 4.25. The molecule has 4 aromatic rings. The molecule has 0 atom stereocenters. The molecule has 0 saturated carbocycles. The van der Waals surface area contributed by atoms with Gasteiger partial charge in [-0.3, -0.25) is 0 Å². The Morgan fingerprint density at radius 2 is 1.14 bits per heavy atom. The number of benzene rings is 3. The van der Waals surface area contributed by atoms with Crippen molar-refractivity contribution in [3.05, 3.63) is 129 Å². The van der Waals surface area contributed by atoms with E-state index < -0.39 is 0 Å². The third-order valence-electron chi connectivity index (χ3n) is 4.18. The summed E-state index contributed by atoms with van der Waals surface area (Å²) in [4.78, 5) is 8.22. The van der Waals surface area contributed by atoms with Crippen LogP contribution in [0.2, 0.25) is 0 Å². The fourth-order valence-corrected chi connectivity index (χ4v) is 4.14. The van der Waals surface area contributed by atoms with Crippen LogP contribution in [-0.4, -0.2) is 9.97 Å². The van der Waals surface area contributed by atoms with Gasteiger partial charge in [-0.1, -0.05) is 91.0 Å². The van der Waals surface area contributed by atoms with E-state index in [-0.39, 0.29) is 0 Å². The lowest BCUT2D eigenvalue weighted by atomic mass is 10.1. The zero-order valence-electron chi connectivity index (χ0n) is 16.1. The Hall–Kier alpha value is -2.18. The van der Waals surface area contributed by atoms with Gasteiger partial charge in [0, 0.05) is 24.1 Å². The third kappa shape index (κ3) is 7.99. The van der Waals surface area contributed by atoms with E-state index in [0.29, 0.717) is 0 Å². The fourth-order valence-electron chi connectivity index (χ4n) is 2.69. The van der Waals surface area contributed by atoms with Gasteiger partial charge >= 0.3 is 0 Å². The summed E-state index contributed by atoms with van der Waals surface area (Å²) in [6.45, 7) is 0. The molecule has 29 heavy (non-hydrogen) atoms. The first kappa shape index (κ1) is 21.5. The smallest absolute Gasteiger partial charge is 0.115 e. The normalized spacial score (nSPS) is 10.1. The van der Waals surface area contributed by atoms with Gasteiger partial charge in [0.15, 0.2) is 0 Å². The molecule has 0 unspecified atom stereocenters. The van der Waals surface area contributed by atoms with E-state index in [0.717, 1.165) is 27.2 Å². The van der Waals surface area contributed by atoms with E-state index in [1.54, 1.807) is 6.33 Å². The molecule has 0 aliphatic heterocycles. The molecule has 0 bridgehead atoms. The van der Waals surface area contributed by atoms with Crippen LogP contribution in [0.1, 0.15) is 22.4 Å². The van der Waals surface area contributed by atoms with Crippen LogP contribution in [-0.2, 0) is 17.9 Å². The quantitative estimate of drug-likeness (QED) is 0.267. The Labute approximate surface area is 191 Å². The molecule has 3 aromatic carbocycles. The van der Waals surface area contributed by atoms with Crippen molar-refractivity contribution >= 4 is 34.4 Å². The maximum absolute atomic E-state index is 4.25. The summed E-state index contributed by atoms with van der Waals surface area (Å²) in [6.07, 6.45) is 4.31. The molecule has 4 rings (SSSR count). The summed E-state index contributed by atoms with van der Waals surface area (Å²) >= 11 is 4.22. The van der Waals surface area contributed by atoms with E-state index in [2.05, 4.69) is 105 Å². The summed E-state index contributed by atoms with van der Waals surface area (Å²) in [5, 5.41) is 0. The molecule has 0 spiro atoms. The molecule has 0 aliphatic carbocycles. The minimum absolute atomic E-state index is 0.877. The molecule has 0 fully saturated rings. The monoisotopic (exact) mass is 510 g/mol. The largest absolute Gasteiger partial charge is 0.244 e. The molecule has 4 heteroatoms. The van der Waals surface area contributed by atoms with Gasteiger partial charge in [0.25, 0.3) is 0 Å². The summed E-state index contributed by atoms with van der Waals surface area (Å²) in [6, 6.07) is 31.5. The lowest BCUT2D eigenvalue weighted by molar-refractivity contribution is 1.01. The van der Waals surface area contributed by atoms with Crippen molar-refractivity contribution in [2.24, 2.45) is 0 Å². The van der Waals surface area contributed by atoms with E-state index in [1.807, 2.05) is 36.2 Å². The summed E-state index contributed by atoms with van der Waals surface area (Å²) in [7, 11) is 0. The van der Waals surface area contributed by atoms with Crippen molar-refractivity contribution < 1.29 is 0 Å². The van der Waals surface area contributed by atoms with Gasteiger partial charge in [0.05, 0.1) is 9.26 Å². The van der Waals surface area contributed by atoms with Crippen molar-refractivity contribution in [3.63, 3.8) is 0 Å². The molecule has 1 heterocycles.